The maximum Gasteiger partial charge on any atom is 0.0400 e. The molecule has 13 heavy (non-hydrogen) atoms. The fourth-order valence-corrected chi connectivity index (χ4v) is 3.01. The van der Waals surface area contributed by atoms with Gasteiger partial charge in [0.2, 0.25) is 0 Å². The Morgan fingerprint density at radius 2 is 1.77 bits per heavy atom. The Hall–Kier alpha value is -0.460. The molecule has 1 nitrogen and oxygen atoms in total. The second-order valence-corrected chi connectivity index (χ2v) is 5.71. The van der Waals surface area contributed by atoms with Crippen molar-refractivity contribution in [2.24, 2.45) is 10.8 Å². The van der Waals surface area contributed by atoms with Crippen LogP contribution in [0.5, 0.6) is 0 Å². The number of nitrogens with zero attached hydrogens (tertiary/aromatic N) is 1. The highest BCUT2D eigenvalue weighted by atomic mass is 15.3. The summed E-state index contributed by atoms with van der Waals surface area (Å²) in [5, 5.41) is 0. The predicted octanol–water partition coefficient (Wildman–Crippen LogP) is 3.03. The van der Waals surface area contributed by atoms with Crippen LogP contribution in [0, 0.1) is 10.8 Å². The van der Waals surface area contributed by atoms with E-state index in [-0.39, 0.29) is 0 Å². The van der Waals surface area contributed by atoms with Crippen molar-refractivity contribution in [1.82, 2.24) is 4.90 Å². The summed E-state index contributed by atoms with van der Waals surface area (Å²) in [6.45, 7) is 14.9. The van der Waals surface area contributed by atoms with E-state index in [1.165, 1.54) is 25.1 Å². The lowest BCUT2D eigenvalue weighted by molar-refractivity contribution is 0.326. The summed E-state index contributed by atoms with van der Waals surface area (Å²) < 4.78 is 0. The van der Waals surface area contributed by atoms with Crippen LogP contribution >= 0.6 is 0 Å². The van der Waals surface area contributed by atoms with E-state index in [1.807, 2.05) is 0 Å². The van der Waals surface area contributed by atoms with Crippen LogP contribution in [0.2, 0.25) is 0 Å². The minimum atomic E-state index is 0.472. The highest BCUT2D eigenvalue weighted by Crippen LogP contribution is 2.66. The van der Waals surface area contributed by atoms with Gasteiger partial charge in [-0.15, -0.1) is 0 Å². The van der Waals surface area contributed by atoms with Crippen molar-refractivity contribution in [3.05, 3.63) is 12.3 Å². The number of allylic oxidation sites excluding steroid dienone is 1. The zero-order valence-corrected chi connectivity index (χ0v) is 9.35. The molecule has 1 aliphatic carbocycles. The van der Waals surface area contributed by atoms with Gasteiger partial charge in [0.25, 0.3) is 0 Å². The van der Waals surface area contributed by atoms with Crippen molar-refractivity contribution < 1.29 is 0 Å². The molecule has 1 saturated heterocycles. The molecule has 0 amide bonds. The molecule has 74 valence electrons. The van der Waals surface area contributed by atoms with E-state index in [9.17, 15) is 0 Å². The average molecular weight is 179 g/mol. The Balaban J connectivity index is 2.17. The van der Waals surface area contributed by atoms with Crippen molar-refractivity contribution in [2.75, 3.05) is 6.54 Å². The normalized spacial score (nSPS) is 31.1. The molecule has 1 heteroatoms. The fraction of sp³-hybridized carbons (Fsp3) is 0.833. The molecule has 0 bridgehead atoms. The van der Waals surface area contributed by atoms with E-state index in [1.54, 1.807) is 0 Å². The monoisotopic (exact) mass is 179 g/mol. The van der Waals surface area contributed by atoms with Gasteiger partial charge in [-0.25, -0.2) is 0 Å². The number of hydrogen-bond donors (Lipinski definition) is 0. The second-order valence-electron chi connectivity index (χ2n) is 5.71. The molecule has 2 fully saturated rings. The third-order valence-corrected chi connectivity index (χ3v) is 4.53. The molecule has 1 saturated carbocycles. The van der Waals surface area contributed by atoms with Gasteiger partial charge in [-0.2, -0.15) is 0 Å². The van der Waals surface area contributed by atoms with Crippen molar-refractivity contribution in [1.29, 1.82) is 0 Å². The molecule has 0 unspecified atom stereocenters. The fourth-order valence-electron chi connectivity index (χ4n) is 3.01. The van der Waals surface area contributed by atoms with E-state index in [2.05, 4.69) is 39.2 Å². The van der Waals surface area contributed by atoms with Gasteiger partial charge in [0, 0.05) is 18.3 Å². The van der Waals surface area contributed by atoms with Crippen LogP contribution < -0.4 is 0 Å². The molecule has 0 N–H and O–H groups in total. The summed E-state index contributed by atoms with van der Waals surface area (Å²) >= 11 is 0. The van der Waals surface area contributed by atoms with Crippen LogP contribution in [0.25, 0.3) is 0 Å². The molecular weight excluding hydrogens is 158 g/mol. The van der Waals surface area contributed by atoms with Crippen LogP contribution in [-0.2, 0) is 0 Å². The summed E-state index contributed by atoms with van der Waals surface area (Å²) in [5.74, 6) is 0. The molecule has 2 aliphatic rings. The SMILES string of the molecule is C=C1CCCN1C1C(C)(C)C1(C)C. The van der Waals surface area contributed by atoms with Crippen LogP contribution in [0.15, 0.2) is 12.3 Å². The van der Waals surface area contributed by atoms with Crippen molar-refractivity contribution in [2.45, 2.75) is 46.6 Å². The largest absolute Gasteiger partial charge is 0.371 e. The van der Waals surface area contributed by atoms with Crippen molar-refractivity contribution in [3.63, 3.8) is 0 Å². The molecule has 0 radical (unpaired) electrons. The number of hydrogen-bond acceptors (Lipinski definition) is 1. The Bertz CT molecular complexity index is 236. The predicted molar refractivity (Wildman–Crippen MR) is 56.4 cm³/mol. The van der Waals surface area contributed by atoms with Crippen LogP contribution in [-0.4, -0.2) is 17.5 Å². The highest BCUT2D eigenvalue weighted by Gasteiger charge is 2.67. The van der Waals surface area contributed by atoms with Gasteiger partial charge in [-0.3, -0.25) is 0 Å². The average Bonchev–Trinajstić information content (AvgIpc) is 2.33. The number of likely N-dealkylation sites (tertiary alicyclic amines) is 1. The minimum Gasteiger partial charge on any atom is -0.371 e. The maximum absolute atomic E-state index is 4.15. The van der Waals surface area contributed by atoms with Crippen LogP contribution in [0.1, 0.15) is 40.5 Å². The first-order chi connectivity index (χ1) is 5.89. The van der Waals surface area contributed by atoms with Crippen molar-refractivity contribution in [3.8, 4) is 0 Å². The van der Waals surface area contributed by atoms with Gasteiger partial charge in [0.15, 0.2) is 0 Å². The zero-order chi connectivity index (χ0) is 9.85. The van der Waals surface area contributed by atoms with Crippen LogP contribution in [0.4, 0.5) is 0 Å². The smallest absolute Gasteiger partial charge is 0.0400 e. The third-order valence-electron chi connectivity index (χ3n) is 4.53. The van der Waals surface area contributed by atoms with Gasteiger partial charge >= 0.3 is 0 Å². The Morgan fingerprint density at radius 1 is 1.23 bits per heavy atom. The summed E-state index contributed by atoms with van der Waals surface area (Å²) in [4.78, 5) is 2.54. The summed E-state index contributed by atoms with van der Waals surface area (Å²) in [6.07, 6.45) is 2.52. The van der Waals surface area contributed by atoms with Crippen molar-refractivity contribution >= 4 is 0 Å². The Labute approximate surface area is 81.8 Å². The molecular formula is C12H21N. The van der Waals surface area contributed by atoms with Gasteiger partial charge < -0.3 is 4.90 Å². The van der Waals surface area contributed by atoms with Crippen LogP contribution in [0.3, 0.4) is 0 Å². The molecule has 0 atom stereocenters. The number of rotatable bonds is 1. The summed E-state index contributed by atoms with van der Waals surface area (Å²) in [7, 11) is 0. The molecule has 1 aliphatic heterocycles. The molecule has 0 aromatic heterocycles. The quantitative estimate of drug-likeness (QED) is 0.598. The van der Waals surface area contributed by atoms with Gasteiger partial charge in [0.1, 0.15) is 0 Å². The lowest BCUT2D eigenvalue weighted by Gasteiger charge is -2.21. The lowest BCUT2D eigenvalue weighted by atomic mass is 10.0. The van der Waals surface area contributed by atoms with E-state index < -0.39 is 0 Å². The molecule has 2 rings (SSSR count). The van der Waals surface area contributed by atoms with E-state index in [0.717, 1.165) is 6.04 Å². The molecule has 0 spiro atoms. The Morgan fingerprint density at radius 3 is 2.08 bits per heavy atom. The first-order valence-corrected chi connectivity index (χ1v) is 5.33. The zero-order valence-electron chi connectivity index (χ0n) is 9.35. The van der Waals surface area contributed by atoms with Gasteiger partial charge in [0.05, 0.1) is 0 Å². The van der Waals surface area contributed by atoms with E-state index >= 15 is 0 Å². The first kappa shape index (κ1) is 9.11. The second kappa shape index (κ2) is 2.31. The Kier molecular flexibility index (Phi) is 1.62. The van der Waals surface area contributed by atoms with E-state index in [0.29, 0.717) is 10.8 Å². The lowest BCUT2D eigenvalue weighted by Crippen LogP contribution is -2.24. The summed E-state index contributed by atoms with van der Waals surface area (Å²) in [6, 6.07) is 0.731. The molecule has 0 aromatic carbocycles. The molecule has 0 aromatic rings. The standard InChI is InChI=1S/C12H21N/c1-9-7-6-8-13(9)10-11(2,3)12(10,4)5/h10H,1,6-8H2,2-5H3. The maximum atomic E-state index is 4.15. The van der Waals surface area contributed by atoms with Gasteiger partial charge in [-0.05, 0) is 23.7 Å². The summed E-state index contributed by atoms with van der Waals surface area (Å²) in [5.41, 5.74) is 2.31. The highest BCUT2D eigenvalue weighted by molar-refractivity contribution is 5.23. The van der Waals surface area contributed by atoms with E-state index in [4.69, 9.17) is 0 Å². The molecule has 1 heterocycles. The first-order valence-electron chi connectivity index (χ1n) is 5.33. The minimum absolute atomic E-state index is 0.472. The third kappa shape index (κ3) is 0.992. The topological polar surface area (TPSA) is 3.24 Å². The van der Waals surface area contributed by atoms with Gasteiger partial charge in [-0.1, -0.05) is 34.3 Å².